The summed E-state index contributed by atoms with van der Waals surface area (Å²) >= 11 is 0. The molecule has 3 aromatic rings. The maximum Gasteiger partial charge on any atom is 0.261 e. The van der Waals surface area contributed by atoms with Gasteiger partial charge in [-0.1, -0.05) is 0 Å². The van der Waals surface area contributed by atoms with Crippen LogP contribution in [0.5, 0.6) is 0 Å². The van der Waals surface area contributed by atoms with Gasteiger partial charge in [-0.05, 0) is 67.3 Å². The van der Waals surface area contributed by atoms with Gasteiger partial charge in [0.25, 0.3) is 11.5 Å². The summed E-state index contributed by atoms with van der Waals surface area (Å²) in [6.45, 7) is 8.98. The number of hydrogen-bond donors (Lipinski definition) is 1. The Balaban J connectivity index is 1.26. The van der Waals surface area contributed by atoms with Crippen LogP contribution < -0.4 is 15.8 Å². The van der Waals surface area contributed by atoms with Crippen molar-refractivity contribution in [1.29, 1.82) is 0 Å². The van der Waals surface area contributed by atoms with Gasteiger partial charge < -0.3 is 29.2 Å². The molecule has 3 aliphatic rings. The Bertz CT molecular complexity index is 1470. The maximum atomic E-state index is 13.8. The van der Waals surface area contributed by atoms with Crippen LogP contribution in [0.4, 0.5) is 5.69 Å². The Kier molecular flexibility index (Phi) is 8.07. The minimum Gasteiger partial charge on any atom is -0.382 e. The molecule has 3 saturated heterocycles. The SMILES string of the molecule is COC[C@H]1CN(c2ccc3c(=O)n(CCc4c(C)cc(C(=O)NC5COC5)cc4C)c(C4CCO4)nc3c2)CCO1. The summed E-state index contributed by atoms with van der Waals surface area (Å²) in [5, 5.41) is 3.60. The van der Waals surface area contributed by atoms with E-state index in [1.54, 1.807) is 11.7 Å². The third-order valence-electron chi connectivity index (χ3n) is 8.33. The molecule has 10 heteroatoms. The van der Waals surface area contributed by atoms with Crippen LogP contribution in [0.25, 0.3) is 10.9 Å². The Morgan fingerprint density at radius 1 is 1.12 bits per heavy atom. The van der Waals surface area contributed by atoms with E-state index < -0.39 is 0 Å². The molecule has 4 heterocycles. The molecule has 0 bridgehead atoms. The summed E-state index contributed by atoms with van der Waals surface area (Å²) in [4.78, 5) is 33.8. The number of anilines is 1. The second kappa shape index (κ2) is 11.9. The molecule has 0 aliphatic carbocycles. The van der Waals surface area contributed by atoms with E-state index in [2.05, 4.69) is 10.2 Å². The fraction of sp³-hybridized carbons (Fsp3) is 0.516. The number of methoxy groups -OCH3 is 1. The minimum absolute atomic E-state index is 0.0112. The van der Waals surface area contributed by atoms with Crippen LogP contribution >= 0.6 is 0 Å². The topological polar surface area (TPSA) is 104 Å². The van der Waals surface area contributed by atoms with Crippen molar-refractivity contribution in [2.24, 2.45) is 0 Å². The van der Waals surface area contributed by atoms with Crippen molar-refractivity contribution in [3.05, 3.63) is 68.8 Å². The largest absolute Gasteiger partial charge is 0.382 e. The Morgan fingerprint density at radius 2 is 1.90 bits per heavy atom. The quantitative estimate of drug-likeness (QED) is 0.425. The third-order valence-corrected chi connectivity index (χ3v) is 8.33. The zero-order valence-electron chi connectivity index (χ0n) is 24.0. The molecular weight excluding hydrogens is 524 g/mol. The van der Waals surface area contributed by atoms with E-state index in [4.69, 9.17) is 23.9 Å². The summed E-state index contributed by atoms with van der Waals surface area (Å²) in [6, 6.07) is 9.84. The number of nitrogens with one attached hydrogen (secondary N) is 1. The van der Waals surface area contributed by atoms with Gasteiger partial charge in [0.1, 0.15) is 11.9 Å². The first-order chi connectivity index (χ1) is 19.9. The molecule has 2 atom stereocenters. The summed E-state index contributed by atoms with van der Waals surface area (Å²) in [5.74, 6) is 0.597. The highest BCUT2D eigenvalue weighted by Crippen LogP contribution is 2.30. The lowest BCUT2D eigenvalue weighted by Crippen LogP contribution is -2.48. The van der Waals surface area contributed by atoms with Crippen LogP contribution in [0.15, 0.2) is 35.1 Å². The Morgan fingerprint density at radius 3 is 2.56 bits per heavy atom. The van der Waals surface area contributed by atoms with Gasteiger partial charge in [0.15, 0.2) is 0 Å². The number of hydrogen-bond acceptors (Lipinski definition) is 8. The number of benzene rings is 2. The molecule has 1 unspecified atom stereocenters. The van der Waals surface area contributed by atoms with Gasteiger partial charge >= 0.3 is 0 Å². The first kappa shape index (κ1) is 27.8. The molecule has 41 heavy (non-hydrogen) atoms. The molecule has 218 valence electrons. The van der Waals surface area contributed by atoms with E-state index in [-0.39, 0.29) is 29.7 Å². The van der Waals surface area contributed by atoms with Gasteiger partial charge in [-0.2, -0.15) is 0 Å². The predicted molar refractivity (Wildman–Crippen MR) is 155 cm³/mol. The number of aromatic nitrogens is 2. The second-order valence-corrected chi connectivity index (χ2v) is 11.2. The van der Waals surface area contributed by atoms with Crippen LogP contribution in [-0.4, -0.2) is 80.8 Å². The maximum absolute atomic E-state index is 13.8. The lowest BCUT2D eigenvalue weighted by molar-refractivity contribution is -0.0604. The zero-order chi connectivity index (χ0) is 28.5. The van der Waals surface area contributed by atoms with Crippen LogP contribution in [0, 0.1) is 13.8 Å². The van der Waals surface area contributed by atoms with Crippen LogP contribution in [-0.2, 0) is 31.9 Å². The lowest BCUT2D eigenvalue weighted by atomic mass is 9.96. The molecule has 0 saturated carbocycles. The molecule has 6 rings (SSSR count). The van der Waals surface area contributed by atoms with E-state index in [0.717, 1.165) is 41.9 Å². The van der Waals surface area contributed by atoms with Crippen LogP contribution in [0.2, 0.25) is 0 Å². The number of fused-ring (bicyclic) bond motifs is 1. The smallest absolute Gasteiger partial charge is 0.261 e. The summed E-state index contributed by atoms with van der Waals surface area (Å²) < 4.78 is 23.9. The van der Waals surface area contributed by atoms with E-state index in [1.165, 1.54) is 0 Å². The van der Waals surface area contributed by atoms with Gasteiger partial charge in [-0.15, -0.1) is 0 Å². The van der Waals surface area contributed by atoms with Crippen molar-refractivity contribution in [3.8, 4) is 0 Å². The molecular formula is C31H38N4O6. The fourth-order valence-corrected chi connectivity index (χ4v) is 5.90. The zero-order valence-corrected chi connectivity index (χ0v) is 24.0. The molecule has 3 aliphatic heterocycles. The highest BCUT2D eigenvalue weighted by Gasteiger charge is 2.28. The van der Waals surface area contributed by atoms with Crippen molar-refractivity contribution < 1.29 is 23.7 Å². The summed E-state index contributed by atoms with van der Waals surface area (Å²) in [7, 11) is 1.68. The Labute approximate surface area is 239 Å². The summed E-state index contributed by atoms with van der Waals surface area (Å²) in [5.41, 5.74) is 5.49. The molecule has 1 aromatic heterocycles. The molecule has 1 amide bonds. The van der Waals surface area contributed by atoms with Crippen molar-refractivity contribution in [1.82, 2.24) is 14.9 Å². The number of amides is 1. The molecule has 2 aromatic carbocycles. The number of carbonyl (C=O) groups is 1. The number of carbonyl (C=O) groups excluding carboxylic acids is 1. The molecule has 3 fully saturated rings. The van der Waals surface area contributed by atoms with Gasteiger partial charge in [0, 0.05) is 44.4 Å². The van der Waals surface area contributed by atoms with E-state index in [0.29, 0.717) is 68.3 Å². The van der Waals surface area contributed by atoms with Crippen molar-refractivity contribution >= 4 is 22.5 Å². The number of nitrogens with zero attached hydrogens (tertiary/aromatic N) is 3. The van der Waals surface area contributed by atoms with Gasteiger partial charge in [0.05, 0.1) is 56.1 Å². The van der Waals surface area contributed by atoms with Crippen LogP contribution in [0.1, 0.15) is 45.4 Å². The van der Waals surface area contributed by atoms with Gasteiger partial charge in [0.2, 0.25) is 0 Å². The number of aryl methyl sites for hydroxylation is 2. The minimum atomic E-state index is -0.186. The average molecular weight is 563 g/mol. The van der Waals surface area contributed by atoms with Gasteiger partial charge in [-0.25, -0.2) is 4.98 Å². The normalized spacial score (nSPS) is 21.0. The monoisotopic (exact) mass is 562 g/mol. The standard InChI is InChI=1S/C31H38N4O6/c1-19-12-21(30(36)32-22-16-39-17-22)13-20(2)25(19)6-8-35-29(28-7-10-41-28)33-27-14-23(4-5-26(27)31(35)37)34-9-11-40-24(15-34)18-38-3/h4-5,12-14,22,24,28H,6-11,15-18H2,1-3H3,(H,32,36)/t24-,28?/m1/s1. The van der Waals surface area contributed by atoms with E-state index >= 15 is 0 Å². The van der Waals surface area contributed by atoms with Crippen LogP contribution in [0.3, 0.4) is 0 Å². The van der Waals surface area contributed by atoms with Gasteiger partial charge in [-0.3, -0.25) is 14.2 Å². The highest BCUT2D eigenvalue weighted by molar-refractivity contribution is 5.95. The van der Waals surface area contributed by atoms with Crippen molar-refractivity contribution in [2.75, 3.05) is 58.1 Å². The highest BCUT2D eigenvalue weighted by atomic mass is 16.5. The van der Waals surface area contributed by atoms with E-state index in [9.17, 15) is 9.59 Å². The second-order valence-electron chi connectivity index (χ2n) is 11.2. The molecule has 0 spiro atoms. The molecule has 0 radical (unpaired) electrons. The van der Waals surface area contributed by atoms with Crippen molar-refractivity contribution in [3.63, 3.8) is 0 Å². The number of rotatable bonds is 9. The predicted octanol–water partition coefficient (Wildman–Crippen LogP) is 2.70. The number of ether oxygens (including phenoxy) is 4. The fourth-order valence-electron chi connectivity index (χ4n) is 5.90. The average Bonchev–Trinajstić information content (AvgIpc) is 2.90. The first-order valence-electron chi connectivity index (χ1n) is 14.4. The Hall–Kier alpha value is -3.31. The van der Waals surface area contributed by atoms with Crippen molar-refractivity contribution in [2.45, 2.75) is 51.5 Å². The molecule has 10 nitrogen and oxygen atoms in total. The lowest BCUT2D eigenvalue weighted by Gasteiger charge is -2.34. The summed E-state index contributed by atoms with van der Waals surface area (Å²) in [6.07, 6.45) is 1.31. The number of morpholine rings is 1. The first-order valence-corrected chi connectivity index (χ1v) is 14.4. The third kappa shape index (κ3) is 5.74. The van der Waals surface area contributed by atoms with E-state index in [1.807, 2.05) is 44.2 Å². The molecule has 1 N–H and O–H groups in total.